The van der Waals surface area contributed by atoms with Gasteiger partial charge >= 0.3 is 0 Å². The van der Waals surface area contributed by atoms with E-state index in [-0.39, 0.29) is 17.0 Å². The summed E-state index contributed by atoms with van der Waals surface area (Å²) in [7, 11) is -2.87. The SMILES string of the molecule is CC1(NCc2cc(N)cc(Br)c2)CCS(=O)(=O)C1. The summed E-state index contributed by atoms with van der Waals surface area (Å²) < 4.78 is 23.9. The molecule has 4 nitrogen and oxygen atoms in total. The Kier molecular flexibility index (Phi) is 3.71. The van der Waals surface area contributed by atoms with E-state index < -0.39 is 9.84 Å². The van der Waals surface area contributed by atoms with Crippen molar-refractivity contribution in [1.82, 2.24) is 5.32 Å². The van der Waals surface area contributed by atoms with Crippen molar-refractivity contribution in [3.8, 4) is 0 Å². The molecular weight excluding hydrogens is 316 g/mol. The number of sulfone groups is 1. The molecule has 1 aliphatic heterocycles. The highest BCUT2D eigenvalue weighted by Gasteiger charge is 2.37. The van der Waals surface area contributed by atoms with E-state index in [1.54, 1.807) is 0 Å². The monoisotopic (exact) mass is 332 g/mol. The van der Waals surface area contributed by atoms with E-state index >= 15 is 0 Å². The lowest BCUT2D eigenvalue weighted by atomic mass is 10.0. The van der Waals surface area contributed by atoms with Crippen LogP contribution in [0.5, 0.6) is 0 Å². The highest BCUT2D eigenvalue weighted by atomic mass is 79.9. The summed E-state index contributed by atoms with van der Waals surface area (Å²) in [6.45, 7) is 2.58. The van der Waals surface area contributed by atoms with Crippen molar-refractivity contribution in [1.29, 1.82) is 0 Å². The minimum absolute atomic E-state index is 0.212. The normalized spacial score (nSPS) is 26.3. The number of hydrogen-bond donors (Lipinski definition) is 2. The second-order valence-corrected chi connectivity index (χ2v) is 8.25. The van der Waals surface area contributed by atoms with Crippen LogP contribution in [0.1, 0.15) is 18.9 Å². The molecule has 18 heavy (non-hydrogen) atoms. The lowest BCUT2D eigenvalue weighted by Crippen LogP contribution is -2.42. The molecule has 0 saturated carbocycles. The van der Waals surface area contributed by atoms with Gasteiger partial charge in [-0.1, -0.05) is 15.9 Å². The van der Waals surface area contributed by atoms with Gasteiger partial charge in [-0.05, 0) is 37.1 Å². The first-order valence-corrected chi connectivity index (χ1v) is 8.40. The summed E-state index contributed by atoms with van der Waals surface area (Å²) in [4.78, 5) is 0. The van der Waals surface area contributed by atoms with E-state index in [0.29, 0.717) is 18.7 Å². The van der Waals surface area contributed by atoms with Gasteiger partial charge in [-0.2, -0.15) is 0 Å². The molecule has 0 spiro atoms. The maximum absolute atomic E-state index is 11.5. The van der Waals surface area contributed by atoms with Crippen LogP contribution in [0, 0.1) is 0 Å². The minimum Gasteiger partial charge on any atom is -0.399 e. The standard InChI is InChI=1S/C12H17BrN2O2S/c1-12(2-3-18(16,17)8-12)15-7-9-4-10(13)6-11(14)5-9/h4-6,15H,2-3,7-8,14H2,1H3. The second-order valence-electron chi connectivity index (χ2n) is 5.15. The first kappa shape index (κ1) is 13.8. The summed E-state index contributed by atoms with van der Waals surface area (Å²) in [5.41, 5.74) is 7.19. The van der Waals surface area contributed by atoms with Crippen molar-refractivity contribution in [2.75, 3.05) is 17.2 Å². The molecule has 0 bridgehead atoms. The molecule has 1 atom stereocenters. The Morgan fingerprint density at radius 3 is 2.72 bits per heavy atom. The van der Waals surface area contributed by atoms with Gasteiger partial charge in [-0.25, -0.2) is 8.42 Å². The Balaban J connectivity index is 2.04. The van der Waals surface area contributed by atoms with Crippen molar-refractivity contribution in [3.63, 3.8) is 0 Å². The lowest BCUT2D eigenvalue weighted by Gasteiger charge is -2.24. The van der Waals surface area contributed by atoms with Crippen LogP contribution >= 0.6 is 15.9 Å². The number of nitrogen functional groups attached to an aromatic ring is 1. The highest BCUT2D eigenvalue weighted by Crippen LogP contribution is 2.24. The minimum atomic E-state index is -2.87. The van der Waals surface area contributed by atoms with E-state index in [1.807, 2.05) is 25.1 Å². The molecule has 1 heterocycles. The van der Waals surface area contributed by atoms with E-state index in [1.165, 1.54) is 0 Å². The third-order valence-electron chi connectivity index (χ3n) is 3.20. The Hall–Kier alpha value is -0.590. The molecule has 0 aromatic heterocycles. The van der Waals surface area contributed by atoms with E-state index in [2.05, 4.69) is 21.2 Å². The maximum atomic E-state index is 11.5. The average molecular weight is 333 g/mol. The van der Waals surface area contributed by atoms with Crippen molar-refractivity contribution >= 4 is 31.5 Å². The fourth-order valence-electron chi connectivity index (χ4n) is 2.24. The quantitative estimate of drug-likeness (QED) is 0.826. The average Bonchev–Trinajstić information content (AvgIpc) is 2.50. The summed E-state index contributed by atoms with van der Waals surface area (Å²) in [5.74, 6) is 0.487. The van der Waals surface area contributed by atoms with Crippen molar-refractivity contribution in [3.05, 3.63) is 28.2 Å². The number of halogens is 1. The fraction of sp³-hybridized carbons (Fsp3) is 0.500. The van der Waals surface area contributed by atoms with E-state index in [9.17, 15) is 8.42 Å². The van der Waals surface area contributed by atoms with Gasteiger partial charge in [0, 0.05) is 22.2 Å². The Bertz CT molecular complexity index is 539. The van der Waals surface area contributed by atoms with Crippen molar-refractivity contribution < 1.29 is 8.42 Å². The van der Waals surface area contributed by atoms with Crippen LogP contribution in [0.25, 0.3) is 0 Å². The van der Waals surface area contributed by atoms with E-state index in [0.717, 1.165) is 10.0 Å². The van der Waals surface area contributed by atoms with Crippen LogP contribution in [0.2, 0.25) is 0 Å². The molecule has 1 fully saturated rings. The number of benzene rings is 1. The van der Waals surface area contributed by atoms with Crippen LogP contribution in [-0.2, 0) is 16.4 Å². The summed E-state index contributed by atoms with van der Waals surface area (Å²) in [5, 5.41) is 3.33. The third-order valence-corrected chi connectivity index (χ3v) is 5.56. The van der Waals surface area contributed by atoms with Crippen LogP contribution in [0.15, 0.2) is 22.7 Å². The molecule has 1 unspecified atom stereocenters. The molecule has 1 aromatic rings. The zero-order valence-electron chi connectivity index (χ0n) is 10.2. The third kappa shape index (κ3) is 3.46. The van der Waals surface area contributed by atoms with Crippen LogP contribution in [0.4, 0.5) is 5.69 Å². The molecule has 1 saturated heterocycles. The highest BCUT2D eigenvalue weighted by molar-refractivity contribution is 9.10. The largest absolute Gasteiger partial charge is 0.399 e. The van der Waals surface area contributed by atoms with Crippen LogP contribution in [0.3, 0.4) is 0 Å². The summed E-state index contributed by atoms with van der Waals surface area (Å²) in [6, 6.07) is 5.71. The molecule has 0 amide bonds. The smallest absolute Gasteiger partial charge is 0.152 e. The Labute approximate surface area is 116 Å². The fourth-order valence-corrected chi connectivity index (χ4v) is 4.92. The van der Waals surface area contributed by atoms with Gasteiger partial charge in [0.25, 0.3) is 0 Å². The van der Waals surface area contributed by atoms with Gasteiger partial charge in [0.05, 0.1) is 11.5 Å². The summed E-state index contributed by atoms with van der Waals surface area (Å²) >= 11 is 3.39. The molecule has 0 aliphatic carbocycles. The first-order valence-electron chi connectivity index (χ1n) is 5.78. The molecule has 100 valence electrons. The van der Waals surface area contributed by atoms with Crippen LogP contribution < -0.4 is 11.1 Å². The molecule has 2 rings (SSSR count). The predicted molar refractivity (Wildman–Crippen MR) is 77.1 cm³/mol. The maximum Gasteiger partial charge on any atom is 0.152 e. The molecule has 0 radical (unpaired) electrons. The lowest BCUT2D eigenvalue weighted by molar-refractivity contribution is 0.395. The Morgan fingerprint density at radius 1 is 1.44 bits per heavy atom. The number of anilines is 1. The van der Waals surface area contributed by atoms with E-state index in [4.69, 9.17) is 5.73 Å². The molecule has 1 aliphatic rings. The summed E-state index contributed by atoms with van der Waals surface area (Å²) in [6.07, 6.45) is 0.665. The van der Waals surface area contributed by atoms with Gasteiger partial charge < -0.3 is 11.1 Å². The molecule has 3 N–H and O–H groups in total. The first-order chi connectivity index (χ1) is 8.28. The number of hydrogen-bond acceptors (Lipinski definition) is 4. The number of nitrogens with two attached hydrogens (primary N) is 1. The van der Waals surface area contributed by atoms with Gasteiger partial charge in [0.15, 0.2) is 9.84 Å². The zero-order chi connectivity index (χ0) is 13.4. The topological polar surface area (TPSA) is 72.2 Å². The van der Waals surface area contributed by atoms with Crippen LogP contribution in [-0.4, -0.2) is 25.5 Å². The van der Waals surface area contributed by atoms with Gasteiger partial charge in [-0.15, -0.1) is 0 Å². The molecular formula is C12H17BrN2O2S. The van der Waals surface area contributed by atoms with Gasteiger partial charge in [0.2, 0.25) is 0 Å². The number of nitrogens with one attached hydrogen (secondary N) is 1. The van der Waals surface area contributed by atoms with Gasteiger partial charge in [0.1, 0.15) is 0 Å². The Morgan fingerprint density at radius 2 is 2.17 bits per heavy atom. The molecule has 6 heteroatoms. The molecule has 1 aromatic carbocycles. The van der Waals surface area contributed by atoms with Gasteiger partial charge in [-0.3, -0.25) is 0 Å². The van der Waals surface area contributed by atoms with Crippen molar-refractivity contribution in [2.45, 2.75) is 25.4 Å². The second kappa shape index (κ2) is 4.83. The predicted octanol–water partition coefficient (Wildman–Crippen LogP) is 1.70. The zero-order valence-corrected chi connectivity index (χ0v) is 12.6. The van der Waals surface area contributed by atoms with Crippen molar-refractivity contribution in [2.24, 2.45) is 0 Å². The number of rotatable bonds is 3.